The Morgan fingerprint density at radius 3 is 2.86 bits per heavy atom. The van der Waals surface area contributed by atoms with E-state index in [-0.39, 0.29) is 11.9 Å². The molecule has 1 spiro atoms. The quantitative estimate of drug-likeness (QED) is 0.626. The van der Waals surface area contributed by atoms with E-state index >= 15 is 0 Å². The van der Waals surface area contributed by atoms with Gasteiger partial charge in [0.1, 0.15) is 0 Å². The molecule has 4 heteroatoms. The number of hydrogen-bond acceptors (Lipinski definition) is 4. The van der Waals surface area contributed by atoms with E-state index in [1.54, 1.807) is 0 Å². The van der Waals surface area contributed by atoms with Gasteiger partial charge in [-0.3, -0.25) is 4.79 Å². The van der Waals surface area contributed by atoms with E-state index in [0.717, 1.165) is 19.3 Å². The fourth-order valence-electron chi connectivity index (χ4n) is 2.30. The number of carbonyl (C=O) groups is 1. The minimum atomic E-state index is -0.435. The van der Waals surface area contributed by atoms with Crippen molar-refractivity contribution in [2.24, 2.45) is 5.92 Å². The Labute approximate surface area is 83.5 Å². The first-order chi connectivity index (χ1) is 6.73. The first-order valence-electron chi connectivity index (χ1n) is 5.14. The van der Waals surface area contributed by atoms with Crippen LogP contribution in [0.1, 0.15) is 26.2 Å². The molecule has 0 aromatic heterocycles. The largest absolute Gasteiger partial charge is 0.465 e. The second-order valence-electron chi connectivity index (χ2n) is 3.90. The van der Waals surface area contributed by atoms with Gasteiger partial charge in [-0.15, -0.1) is 0 Å². The molecule has 1 saturated heterocycles. The van der Waals surface area contributed by atoms with Gasteiger partial charge in [0.05, 0.1) is 19.8 Å². The highest BCUT2D eigenvalue weighted by molar-refractivity contribution is 5.65. The van der Waals surface area contributed by atoms with E-state index < -0.39 is 5.79 Å². The molecular formula is C10H16O4. The van der Waals surface area contributed by atoms with Crippen molar-refractivity contribution in [2.45, 2.75) is 32.0 Å². The zero-order valence-corrected chi connectivity index (χ0v) is 8.45. The van der Waals surface area contributed by atoms with Crippen LogP contribution in [0.2, 0.25) is 0 Å². The molecule has 1 aliphatic heterocycles. The minimum Gasteiger partial charge on any atom is -0.465 e. The minimum absolute atomic E-state index is 0.217. The average Bonchev–Trinajstić information content (AvgIpc) is 2.74. The zero-order valence-electron chi connectivity index (χ0n) is 8.45. The summed E-state index contributed by atoms with van der Waals surface area (Å²) in [5, 5.41) is 0. The molecule has 1 unspecified atom stereocenters. The summed E-state index contributed by atoms with van der Waals surface area (Å²) in [5.41, 5.74) is 0. The summed E-state index contributed by atoms with van der Waals surface area (Å²) >= 11 is 0. The van der Waals surface area contributed by atoms with Gasteiger partial charge in [0.25, 0.3) is 0 Å². The van der Waals surface area contributed by atoms with Crippen molar-refractivity contribution in [1.82, 2.24) is 0 Å². The summed E-state index contributed by atoms with van der Waals surface area (Å²) in [6.07, 6.45) is 3.04. The van der Waals surface area contributed by atoms with Crippen LogP contribution in [-0.4, -0.2) is 31.6 Å². The lowest BCUT2D eigenvalue weighted by molar-refractivity contribution is -0.193. The highest BCUT2D eigenvalue weighted by Crippen LogP contribution is 2.42. The van der Waals surface area contributed by atoms with E-state index in [1.165, 1.54) is 6.92 Å². The first kappa shape index (κ1) is 9.93. The average molecular weight is 200 g/mol. The van der Waals surface area contributed by atoms with Crippen LogP contribution in [0.3, 0.4) is 0 Å². The maximum absolute atomic E-state index is 10.7. The monoisotopic (exact) mass is 200 g/mol. The van der Waals surface area contributed by atoms with Crippen LogP contribution < -0.4 is 0 Å². The van der Waals surface area contributed by atoms with Gasteiger partial charge in [-0.1, -0.05) is 0 Å². The summed E-state index contributed by atoms with van der Waals surface area (Å²) < 4.78 is 16.3. The second-order valence-corrected chi connectivity index (χ2v) is 3.90. The van der Waals surface area contributed by atoms with Gasteiger partial charge in [-0.2, -0.15) is 0 Å². The number of rotatable bonds is 2. The topological polar surface area (TPSA) is 44.8 Å². The molecule has 2 fully saturated rings. The first-order valence-corrected chi connectivity index (χ1v) is 5.14. The van der Waals surface area contributed by atoms with Gasteiger partial charge in [-0.05, 0) is 12.8 Å². The molecule has 80 valence electrons. The van der Waals surface area contributed by atoms with Crippen molar-refractivity contribution < 1.29 is 19.0 Å². The van der Waals surface area contributed by atoms with Gasteiger partial charge in [0, 0.05) is 19.3 Å². The highest BCUT2D eigenvalue weighted by Gasteiger charge is 2.48. The molecule has 14 heavy (non-hydrogen) atoms. The third-order valence-electron chi connectivity index (χ3n) is 2.96. The third kappa shape index (κ3) is 1.77. The number of esters is 1. The molecule has 1 aliphatic carbocycles. The maximum atomic E-state index is 10.7. The van der Waals surface area contributed by atoms with Crippen molar-refractivity contribution in [3.8, 4) is 0 Å². The van der Waals surface area contributed by atoms with Crippen molar-refractivity contribution in [2.75, 3.05) is 19.8 Å². The summed E-state index contributed by atoms with van der Waals surface area (Å²) in [5.74, 6) is -0.450. The fourth-order valence-corrected chi connectivity index (χ4v) is 2.30. The molecule has 0 N–H and O–H groups in total. The number of hydrogen-bond donors (Lipinski definition) is 0. The van der Waals surface area contributed by atoms with Crippen LogP contribution in [0.4, 0.5) is 0 Å². The van der Waals surface area contributed by atoms with Crippen molar-refractivity contribution in [3.63, 3.8) is 0 Å². The standard InChI is InChI=1S/C10H16O4/c1-8(11)12-7-9-3-2-4-10(9)13-5-6-14-10/h9H,2-7H2,1H3. The summed E-state index contributed by atoms with van der Waals surface area (Å²) in [7, 11) is 0. The molecular weight excluding hydrogens is 184 g/mol. The summed E-state index contributed by atoms with van der Waals surface area (Å²) in [4.78, 5) is 10.7. The normalized spacial score (nSPS) is 29.6. The van der Waals surface area contributed by atoms with E-state index in [4.69, 9.17) is 14.2 Å². The van der Waals surface area contributed by atoms with Crippen LogP contribution in [0.25, 0.3) is 0 Å². The van der Waals surface area contributed by atoms with Crippen LogP contribution in [-0.2, 0) is 19.0 Å². The third-order valence-corrected chi connectivity index (χ3v) is 2.96. The van der Waals surface area contributed by atoms with Crippen LogP contribution in [0.15, 0.2) is 0 Å². The van der Waals surface area contributed by atoms with Crippen molar-refractivity contribution in [1.29, 1.82) is 0 Å². The fraction of sp³-hybridized carbons (Fsp3) is 0.900. The van der Waals surface area contributed by atoms with Gasteiger partial charge in [0.15, 0.2) is 5.79 Å². The summed E-state index contributed by atoms with van der Waals surface area (Å²) in [6, 6.07) is 0. The molecule has 1 heterocycles. The Bertz CT molecular complexity index is 215. The van der Waals surface area contributed by atoms with Crippen LogP contribution >= 0.6 is 0 Å². The van der Waals surface area contributed by atoms with Gasteiger partial charge in [0.2, 0.25) is 0 Å². The van der Waals surface area contributed by atoms with Crippen LogP contribution in [0, 0.1) is 5.92 Å². The summed E-state index contributed by atoms with van der Waals surface area (Å²) in [6.45, 7) is 3.18. The smallest absolute Gasteiger partial charge is 0.302 e. The predicted molar refractivity (Wildman–Crippen MR) is 48.6 cm³/mol. The molecule has 2 rings (SSSR count). The number of carbonyl (C=O) groups excluding carboxylic acids is 1. The van der Waals surface area contributed by atoms with E-state index in [2.05, 4.69) is 0 Å². The Balaban J connectivity index is 1.93. The second kappa shape index (κ2) is 3.87. The Hall–Kier alpha value is -0.610. The Kier molecular flexibility index (Phi) is 2.74. The molecule has 4 nitrogen and oxygen atoms in total. The predicted octanol–water partition coefficient (Wildman–Crippen LogP) is 1.09. The van der Waals surface area contributed by atoms with Crippen LogP contribution in [0.5, 0.6) is 0 Å². The highest BCUT2D eigenvalue weighted by atomic mass is 16.7. The SMILES string of the molecule is CC(=O)OCC1CCCC12OCCO2. The van der Waals surface area contributed by atoms with E-state index in [9.17, 15) is 4.79 Å². The zero-order chi connectivity index (χ0) is 10.0. The Morgan fingerprint density at radius 2 is 2.21 bits per heavy atom. The molecule has 1 saturated carbocycles. The molecule has 0 aromatic carbocycles. The van der Waals surface area contributed by atoms with Crippen molar-refractivity contribution >= 4 is 5.97 Å². The molecule has 0 aromatic rings. The number of ether oxygens (including phenoxy) is 3. The lowest BCUT2D eigenvalue weighted by Crippen LogP contribution is -2.37. The van der Waals surface area contributed by atoms with E-state index in [0.29, 0.717) is 19.8 Å². The lowest BCUT2D eigenvalue weighted by Gasteiger charge is -2.28. The molecule has 1 atom stereocenters. The maximum Gasteiger partial charge on any atom is 0.302 e. The molecule has 2 aliphatic rings. The van der Waals surface area contributed by atoms with Gasteiger partial charge in [-0.25, -0.2) is 0 Å². The molecule has 0 amide bonds. The van der Waals surface area contributed by atoms with E-state index in [1.807, 2.05) is 0 Å². The molecule has 0 radical (unpaired) electrons. The van der Waals surface area contributed by atoms with Gasteiger partial charge >= 0.3 is 5.97 Å². The lowest BCUT2D eigenvalue weighted by atomic mass is 10.0. The molecule has 0 bridgehead atoms. The Morgan fingerprint density at radius 1 is 1.50 bits per heavy atom. The van der Waals surface area contributed by atoms with Crippen molar-refractivity contribution in [3.05, 3.63) is 0 Å². The van der Waals surface area contributed by atoms with Gasteiger partial charge < -0.3 is 14.2 Å².